The number of hydrogen-bond acceptors (Lipinski definition) is 3. The molecule has 7 aromatic carbocycles. The maximum absolute atomic E-state index is 15.3. The molecule has 1 unspecified atom stereocenters. The van der Waals surface area contributed by atoms with Gasteiger partial charge in [0.25, 0.3) is 0 Å². The highest BCUT2D eigenvalue weighted by atomic mass is 28.4. The van der Waals surface area contributed by atoms with E-state index in [2.05, 4.69) is 220 Å². The second kappa shape index (κ2) is 15.9. The van der Waals surface area contributed by atoms with E-state index in [-0.39, 0.29) is 10.9 Å². The average molecular weight is 802 g/mol. The molecule has 1 amide bonds. The van der Waals surface area contributed by atoms with Crippen molar-refractivity contribution in [2.75, 3.05) is 11.4 Å². The number of imidazole rings is 1. The van der Waals surface area contributed by atoms with Crippen LogP contribution in [0.5, 0.6) is 5.75 Å². The third-order valence-corrected chi connectivity index (χ3v) is 17.4. The number of nitrogens with zero attached hydrogens (tertiary/aromatic N) is 3. The Balaban J connectivity index is 1.16. The van der Waals surface area contributed by atoms with Gasteiger partial charge in [-0.15, -0.1) is 0 Å². The first-order valence-electron chi connectivity index (χ1n) is 21.1. The Kier molecular flexibility index (Phi) is 10.3. The van der Waals surface area contributed by atoms with Crippen LogP contribution in [-0.4, -0.2) is 30.3 Å². The molecule has 0 radical (unpaired) electrons. The van der Waals surface area contributed by atoms with Crippen molar-refractivity contribution in [2.45, 2.75) is 57.0 Å². The van der Waals surface area contributed by atoms with Gasteiger partial charge >= 0.3 is 8.32 Å². The number of hydrogen-bond donors (Lipinski definition) is 0. The van der Waals surface area contributed by atoms with Gasteiger partial charge in [0.1, 0.15) is 11.3 Å². The van der Waals surface area contributed by atoms with E-state index in [1.807, 2.05) is 11.2 Å². The number of anilines is 1. The first-order valence-corrected chi connectivity index (χ1v) is 23.1. The lowest BCUT2D eigenvalue weighted by Gasteiger charge is -2.43. The Bertz CT molecular complexity index is 2590. The fraction of sp³-hybridized carbons (Fsp3) is 0.185. The third-order valence-electron chi connectivity index (χ3n) is 12.5. The highest BCUT2D eigenvalue weighted by molar-refractivity contribution is 7.00. The molecule has 1 aromatic heterocycles. The zero-order valence-corrected chi connectivity index (χ0v) is 35.8. The van der Waals surface area contributed by atoms with E-state index in [0.717, 1.165) is 50.3 Å². The molecule has 8 aromatic rings. The van der Waals surface area contributed by atoms with Crippen LogP contribution in [0.3, 0.4) is 0 Å². The zero-order valence-electron chi connectivity index (χ0n) is 34.8. The molecular weight excluding hydrogens is 751 g/mol. The van der Waals surface area contributed by atoms with E-state index in [1.165, 1.54) is 10.4 Å². The van der Waals surface area contributed by atoms with Crippen molar-refractivity contribution < 1.29 is 9.22 Å². The predicted octanol–water partition coefficient (Wildman–Crippen LogP) is 10.9. The second-order valence-corrected chi connectivity index (χ2v) is 21.1. The van der Waals surface area contributed by atoms with E-state index >= 15 is 4.79 Å². The van der Waals surface area contributed by atoms with E-state index in [4.69, 9.17) is 9.41 Å². The molecule has 1 aliphatic heterocycles. The quantitative estimate of drug-likeness (QED) is 0.0967. The molecule has 0 aliphatic carbocycles. The van der Waals surface area contributed by atoms with E-state index in [1.54, 1.807) is 0 Å². The van der Waals surface area contributed by atoms with Crippen molar-refractivity contribution in [1.29, 1.82) is 0 Å². The van der Waals surface area contributed by atoms with Gasteiger partial charge in [-0.1, -0.05) is 198 Å². The van der Waals surface area contributed by atoms with Crippen LogP contribution in [0.1, 0.15) is 68.1 Å². The molecule has 1 fully saturated rings. The van der Waals surface area contributed by atoms with Crippen molar-refractivity contribution in [3.8, 4) is 5.75 Å². The maximum Gasteiger partial charge on any atom is 0.319 e. The number of aromatic nitrogens is 2. The Morgan fingerprint density at radius 1 is 0.650 bits per heavy atom. The van der Waals surface area contributed by atoms with Crippen LogP contribution in [0, 0.1) is 0 Å². The summed E-state index contributed by atoms with van der Waals surface area (Å²) in [5.41, 5.74) is 5.35. The highest BCUT2D eigenvalue weighted by Crippen LogP contribution is 2.46. The zero-order chi connectivity index (χ0) is 41.3. The Hall–Kier alpha value is -6.50. The summed E-state index contributed by atoms with van der Waals surface area (Å²) in [6.07, 6.45) is 3.35. The molecule has 1 saturated heterocycles. The van der Waals surface area contributed by atoms with E-state index < -0.39 is 19.8 Å². The van der Waals surface area contributed by atoms with Gasteiger partial charge in [0.15, 0.2) is 0 Å². The lowest BCUT2D eigenvalue weighted by Crippen LogP contribution is -2.68. The predicted molar refractivity (Wildman–Crippen MR) is 248 cm³/mol. The smallest absolute Gasteiger partial charge is 0.319 e. The van der Waals surface area contributed by atoms with Crippen LogP contribution in [0.4, 0.5) is 5.69 Å². The van der Waals surface area contributed by atoms with E-state index in [9.17, 15) is 0 Å². The first kappa shape index (κ1) is 39.0. The number of rotatable bonds is 11. The molecule has 1 atom stereocenters. The molecule has 0 bridgehead atoms. The summed E-state index contributed by atoms with van der Waals surface area (Å²) >= 11 is 0. The van der Waals surface area contributed by atoms with Crippen molar-refractivity contribution >= 4 is 41.1 Å². The SMILES string of the molecule is CCc1ncn(C(c2ccccc2)(c2ccccc2)c2ccccc2)c1C1CCN(c2cccc3ccc(O[Si](c4ccccc4)(c4ccccc4)C(C)(C)C)cc23)C1=O. The minimum atomic E-state index is -2.90. The summed E-state index contributed by atoms with van der Waals surface area (Å²) < 4.78 is 9.82. The van der Waals surface area contributed by atoms with Gasteiger partial charge < -0.3 is 13.9 Å². The summed E-state index contributed by atoms with van der Waals surface area (Å²) in [5.74, 6) is 0.488. The normalized spacial score (nSPS) is 14.8. The fourth-order valence-electron chi connectivity index (χ4n) is 9.79. The molecule has 0 saturated carbocycles. The van der Waals surface area contributed by atoms with E-state index in [0.29, 0.717) is 19.4 Å². The van der Waals surface area contributed by atoms with Crippen molar-refractivity contribution in [1.82, 2.24) is 9.55 Å². The molecule has 1 aliphatic rings. The summed E-state index contributed by atoms with van der Waals surface area (Å²) in [6.45, 7) is 9.62. The second-order valence-electron chi connectivity index (χ2n) is 16.9. The summed E-state index contributed by atoms with van der Waals surface area (Å²) in [5, 5.41) is 4.30. The number of carbonyl (C=O) groups is 1. The minimum Gasteiger partial charge on any atom is -0.534 e. The molecule has 9 rings (SSSR count). The van der Waals surface area contributed by atoms with Crippen LogP contribution in [0.25, 0.3) is 10.8 Å². The maximum atomic E-state index is 15.3. The largest absolute Gasteiger partial charge is 0.534 e. The van der Waals surface area contributed by atoms with Crippen LogP contribution in [0.2, 0.25) is 5.04 Å². The topological polar surface area (TPSA) is 47.4 Å². The Morgan fingerprint density at radius 2 is 1.17 bits per heavy atom. The Morgan fingerprint density at radius 3 is 1.67 bits per heavy atom. The van der Waals surface area contributed by atoms with Crippen LogP contribution in [-0.2, 0) is 16.8 Å². The minimum absolute atomic E-state index is 0.0836. The molecule has 0 N–H and O–H groups in total. The molecule has 0 spiro atoms. The van der Waals surface area contributed by atoms with Gasteiger partial charge in [0.2, 0.25) is 5.91 Å². The molecule has 60 heavy (non-hydrogen) atoms. The number of benzene rings is 7. The number of amides is 1. The first-order chi connectivity index (χ1) is 29.3. The van der Waals surface area contributed by atoms with Crippen LogP contribution < -0.4 is 19.7 Å². The summed E-state index contributed by atoms with van der Waals surface area (Å²) in [6, 6.07) is 66.1. The standard InChI is InChI=1S/C54H51N3O2Si/c1-5-49-51(57(39-55-49)54(41-23-11-6-12-24-41,42-25-13-7-14-26-42)43-27-15-8-16-28-43)47-36-37-56(52(47)58)50-33-21-22-40-34-35-44(38-48(40)50)59-60(53(2,3)4,45-29-17-9-18-30-45)46-31-19-10-20-32-46/h6-35,38-39,47H,5,36-37H2,1-4H3. The van der Waals surface area contributed by atoms with Gasteiger partial charge in [-0.3, -0.25) is 4.79 Å². The molecule has 2 heterocycles. The molecule has 298 valence electrons. The Labute approximate surface area is 355 Å². The van der Waals surface area contributed by atoms with Crippen LogP contribution in [0.15, 0.2) is 194 Å². The summed E-state index contributed by atoms with van der Waals surface area (Å²) in [7, 11) is -2.90. The van der Waals surface area contributed by atoms with Gasteiger partial charge in [-0.05, 0) is 68.5 Å². The van der Waals surface area contributed by atoms with Crippen molar-refractivity contribution in [3.05, 3.63) is 222 Å². The number of aryl methyl sites for hydroxylation is 1. The van der Waals surface area contributed by atoms with Gasteiger partial charge in [-0.2, -0.15) is 0 Å². The monoisotopic (exact) mass is 801 g/mol. The number of fused-ring (bicyclic) bond motifs is 1. The lowest BCUT2D eigenvalue weighted by molar-refractivity contribution is -0.118. The average Bonchev–Trinajstić information content (AvgIpc) is 3.89. The summed E-state index contributed by atoms with van der Waals surface area (Å²) in [4.78, 5) is 22.4. The highest BCUT2D eigenvalue weighted by Gasteiger charge is 2.52. The van der Waals surface area contributed by atoms with Crippen molar-refractivity contribution in [3.63, 3.8) is 0 Å². The van der Waals surface area contributed by atoms with Crippen LogP contribution >= 0.6 is 0 Å². The molecular formula is C54H51N3O2Si. The van der Waals surface area contributed by atoms with Gasteiger partial charge in [0.05, 0.1) is 29.3 Å². The van der Waals surface area contributed by atoms with Crippen molar-refractivity contribution in [2.24, 2.45) is 0 Å². The molecule has 5 nitrogen and oxygen atoms in total. The third kappa shape index (κ3) is 6.47. The van der Waals surface area contributed by atoms with Gasteiger partial charge in [-0.25, -0.2) is 4.98 Å². The fourth-order valence-corrected chi connectivity index (χ4v) is 14.2. The number of carbonyl (C=O) groups excluding carboxylic acids is 1. The molecule has 6 heteroatoms. The van der Waals surface area contributed by atoms with Gasteiger partial charge in [0, 0.05) is 11.9 Å². The lowest BCUT2D eigenvalue weighted by atomic mass is 9.76.